The summed E-state index contributed by atoms with van der Waals surface area (Å²) in [4.78, 5) is 26.3. The van der Waals surface area contributed by atoms with E-state index in [4.69, 9.17) is 9.47 Å². The number of amides is 1. The van der Waals surface area contributed by atoms with Crippen molar-refractivity contribution in [3.8, 4) is 5.75 Å². The highest BCUT2D eigenvalue weighted by molar-refractivity contribution is 5.81. The van der Waals surface area contributed by atoms with Gasteiger partial charge in [0.2, 0.25) is 0 Å². The Hall–Kier alpha value is -2.04. The second kappa shape index (κ2) is 8.56. The number of hydrogen-bond donors (Lipinski definition) is 0. The highest BCUT2D eigenvalue weighted by atomic mass is 16.5. The van der Waals surface area contributed by atoms with Gasteiger partial charge in [0.25, 0.3) is 5.91 Å². The molecule has 1 aliphatic carbocycles. The summed E-state index contributed by atoms with van der Waals surface area (Å²) in [5.41, 5.74) is 2.77. The van der Waals surface area contributed by atoms with Crippen LogP contribution in [-0.4, -0.2) is 43.1 Å². The third kappa shape index (κ3) is 4.19. The van der Waals surface area contributed by atoms with Gasteiger partial charge in [-0.15, -0.1) is 0 Å². The van der Waals surface area contributed by atoms with E-state index in [1.807, 2.05) is 17.9 Å². The minimum atomic E-state index is -0.466. The SMILES string of the molecule is CC[C@@H](Oc1ccc2c(c1)CCCC2)C(=O)N1CCC(C(=O)OC)CC1. The first-order valence-corrected chi connectivity index (χ1v) is 9.77. The molecule has 5 nitrogen and oxygen atoms in total. The van der Waals surface area contributed by atoms with Crippen LogP contribution in [-0.2, 0) is 27.2 Å². The Kier molecular flexibility index (Phi) is 6.17. The first-order valence-electron chi connectivity index (χ1n) is 9.77. The first kappa shape index (κ1) is 18.7. The third-order valence-electron chi connectivity index (χ3n) is 5.59. The molecule has 0 N–H and O–H groups in total. The van der Waals surface area contributed by atoms with E-state index >= 15 is 0 Å². The van der Waals surface area contributed by atoms with Crippen LogP contribution in [0.2, 0.25) is 0 Å². The molecule has 1 atom stereocenters. The lowest BCUT2D eigenvalue weighted by molar-refractivity contribution is -0.150. The van der Waals surface area contributed by atoms with Crippen molar-refractivity contribution >= 4 is 11.9 Å². The van der Waals surface area contributed by atoms with Crippen LogP contribution in [0.3, 0.4) is 0 Å². The number of ether oxygens (including phenoxy) is 2. The number of carbonyl (C=O) groups excluding carboxylic acids is 2. The first-order chi connectivity index (χ1) is 12.6. The molecule has 1 aromatic rings. The molecule has 142 valence electrons. The predicted octanol–water partition coefficient (Wildman–Crippen LogP) is 3.13. The highest BCUT2D eigenvalue weighted by Gasteiger charge is 2.31. The lowest BCUT2D eigenvalue weighted by atomic mass is 9.92. The summed E-state index contributed by atoms with van der Waals surface area (Å²) in [5, 5.41) is 0. The topological polar surface area (TPSA) is 55.8 Å². The third-order valence-corrected chi connectivity index (χ3v) is 5.59. The minimum absolute atomic E-state index is 0.0218. The maximum Gasteiger partial charge on any atom is 0.308 e. The Bertz CT molecular complexity index is 649. The lowest BCUT2D eigenvalue weighted by Crippen LogP contribution is -2.46. The number of esters is 1. The van der Waals surface area contributed by atoms with Crippen molar-refractivity contribution in [2.24, 2.45) is 5.92 Å². The summed E-state index contributed by atoms with van der Waals surface area (Å²) in [6, 6.07) is 6.24. The fourth-order valence-electron chi connectivity index (χ4n) is 3.96. The molecule has 2 aliphatic rings. The standard InChI is InChI=1S/C21H29NO4/c1-3-19(20(23)22-12-10-16(11-13-22)21(24)25-2)26-18-9-8-15-6-4-5-7-17(15)14-18/h8-9,14,16,19H,3-7,10-13H2,1-2H3/t19-/m1/s1. The molecule has 1 aliphatic heterocycles. The molecular formula is C21H29NO4. The minimum Gasteiger partial charge on any atom is -0.481 e. The molecule has 1 heterocycles. The second-order valence-electron chi connectivity index (χ2n) is 7.28. The molecule has 5 heteroatoms. The molecule has 26 heavy (non-hydrogen) atoms. The number of carbonyl (C=O) groups is 2. The number of benzene rings is 1. The van der Waals surface area contributed by atoms with Crippen molar-refractivity contribution in [1.82, 2.24) is 4.90 Å². The zero-order valence-electron chi connectivity index (χ0n) is 15.8. The summed E-state index contributed by atoms with van der Waals surface area (Å²) in [6.45, 7) is 3.15. The summed E-state index contributed by atoms with van der Waals surface area (Å²) in [7, 11) is 1.42. The Morgan fingerprint density at radius 3 is 2.50 bits per heavy atom. The van der Waals surface area contributed by atoms with Gasteiger partial charge in [-0.25, -0.2) is 0 Å². The smallest absolute Gasteiger partial charge is 0.308 e. The van der Waals surface area contributed by atoms with Gasteiger partial charge in [-0.2, -0.15) is 0 Å². The number of nitrogens with zero attached hydrogens (tertiary/aromatic N) is 1. The largest absolute Gasteiger partial charge is 0.481 e. The molecule has 0 radical (unpaired) electrons. The molecule has 0 bridgehead atoms. The molecule has 1 fully saturated rings. The van der Waals surface area contributed by atoms with Gasteiger partial charge in [0.15, 0.2) is 6.10 Å². The average Bonchev–Trinajstić information content (AvgIpc) is 2.71. The van der Waals surface area contributed by atoms with E-state index in [0.29, 0.717) is 32.4 Å². The summed E-state index contributed by atoms with van der Waals surface area (Å²) >= 11 is 0. The van der Waals surface area contributed by atoms with Crippen LogP contribution in [0.4, 0.5) is 0 Å². The van der Waals surface area contributed by atoms with E-state index < -0.39 is 6.10 Å². The van der Waals surface area contributed by atoms with Crippen LogP contribution >= 0.6 is 0 Å². The van der Waals surface area contributed by atoms with Gasteiger partial charge in [0.1, 0.15) is 5.75 Å². The molecule has 1 aromatic carbocycles. The van der Waals surface area contributed by atoms with E-state index in [-0.39, 0.29) is 17.8 Å². The van der Waals surface area contributed by atoms with Crippen LogP contribution < -0.4 is 4.74 Å². The van der Waals surface area contributed by atoms with Crippen LogP contribution in [0, 0.1) is 5.92 Å². The molecule has 1 amide bonds. The molecule has 0 unspecified atom stereocenters. The average molecular weight is 359 g/mol. The normalized spacial score (nSPS) is 18.8. The molecule has 0 saturated carbocycles. The zero-order valence-corrected chi connectivity index (χ0v) is 15.8. The molecule has 0 spiro atoms. The maximum atomic E-state index is 12.9. The van der Waals surface area contributed by atoms with E-state index in [2.05, 4.69) is 12.1 Å². The highest BCUT2D eigenvalue weighted by Crippen LogP contribution is 2.27. The van der Waals surface area contributed by atoms with Crippen molar-refractivity contribution in [3.63, 3.8) is 0 Å². The van der Waals surface area contributed by atoms with Crippen molar-refractivity contribution < 1.29 is 19.1 Å². The van der Waals surface area contributed by atoms with Crippen LogP contribution in [0.1, 0.15) is 50.2 Å². The van der Waals surface area contributed by atoms with Gasteiger partial charge < -0.3 is 14.4 Å². The maximum absolute atomic E-state index is 12.9. The van der Waals surface area contributed by atoms with Gasteiger partial charge in [0.05, 0.1) is 13.0 Å². The quantitative estimate of drug-likeness (QED) is 0.758. The summed E-state index contributed by atoms with van der Waals surface area (Å²) in [5.74, 6) is 0.545. The van der Waals surface area contributed by atoms with E-state index in [0.717, 1.165) is 18.6 Å². The molecular weight excluding hydrogens is 330 g/mol. The number of aryl methyl sites for hydroxylation is 2. The second-order valence-corrected chi connectivity index (χ2v) is 7.28. The number of likely N-dealkylation sites (tertiary alicyclic amines) is 1. The van der Waals surface area contributed by atoms with Gasteiger partial charge in [0, 0.05) is 13.1 Å². The van der Waals surface area contributed by atoms with Crippen molar-refractivity contribution in [1.29, 1.82) is 0 Å². The van der Waals surface area contributed by atoms with Crippen LogP contribution in [0.5, 0.6) is 5.75 Å². The van der Waals surface area contributed by atoms with Crippen molar-refractivity contribution in [2.75, 3.05) is 20.2 Å². The molecule has 0 aromatic heterocycles. The number of fused-ring (bicyclic) bond motifs is 1. The number of rotatable bonds is 5. The predicted molar refractivity (Wildman–Crippen MR) is 99.1 cm³/mol. The fourth-order valence-corrected chi connectivity index (χ4v) is 3.96. The monoisotopic (exact) mass is 359 g/mol. The molecule has 3 rings (SSSR count). The lowest BCUT2D eigenvalue weighted by Gasteiger charge is -2.33. The summed E-state index contributed by atoms with van der Waals surface area (Å²) in [6.07, 6.45) is 6.20. The molecule has 1 saturated heterocycles. The van der Waals surface area contributed by atoms with Gasteiger partial charge in [-0.1, -0.05) is 13.0 Å². The van der Waals surface area contributed by atoms with E-state index in [1.165, 1.54) is 31.1 Å². The fraction of sp³-hybridized carbons (Fsp3) is 0.619. The van der Waals surface area contributed by atoms with Gasteiger partial charge >= 0.3 is 5.97 Å². The zero-order chi connectivity index (χ0) is 18.5. The van der Waals surface area contributed by atoms with Crippen molar-refractivity contribution in [2.45, 2.75) is 58.0 Å². The number of piperidine rings is 1. The van der Waals surface area contributed by atoms with Gasteiger partial charge in [-0.05, 0) is 68.2 Å². The summed E-state index contributed by atoms with van der Waals surface area (Å²) < 4.78 is 10.9. The van der Waals surface area contributed by atoms with Gasteiger partial charge in [-0.3, -0.25) is 9.59 Å². The Morgan fingerprint density at radius 1 is 1.15 bits per heavy atom. The van der Waals surface area contributed by atoms with E-state index in [9.17, 15) is 9.59 Å². The number of methoxy groups -OCH3 is 1. The number of hydrogen-bond acceptors (Lipinski definition) is 4. The Labute approximate surface area is 155 Å². The van der Waals surface area contributed by atoms with Crippen LogP contribution in [0.15, 0.2) is 18.2 Å². The Balaban J connectivity index is 1.60. The Morgan fingerprint density at radius 2 is 1.85 bits per heavy atom. The van der Waals surface area contributed by atoms with Crippen molar-refractivity contribution in [3.05, 3.63) is 29.3 Å². The van der Waals surface area contributed by atoms with E-state index in [1.54, 1.807) is 0 Å². The van der Waals surface area contributed by atoms with Crippen LogP contribution in [0.25, 0.3) is 0 Å².